The lowest BCUT2D eigenvalue weighted by molar-refractivity contribution is 0.187. The maximum atomic E-state index is 11.3. The molecule has 3 rings (SSSR count). The van der Waals surface area contributed by atoms with Crippen LogP contribution in [0.5, 0.6) is 0 Å². The van der Waals surface area contributed by atoms with Crippen LogP contribution in [-0.4, -0.2) is 24.2 Å². The van der Waals surface area contributed by atoms with E-state index in [4.69, 9.17) is 4.74 Å². The van der Waals surface area contributed by atoms with Crippen molar-refractivity contribution in [2.45, 2.75) is 37.8 Å². The highest BCUT2D eigenvalue weighted by Crippen LogP contribution is 2.28. The Bertz CT molecular complexity index is 449. The summed E-state index contributed by atoms with van der Waals surface area (Å²) in [5, 5.41) is 3.65. The molecule has 2 atom stereocenters. The second kappa shape index (κ2) is 4.63. The SMILES string of the molecule is O=c1ccc2c([nH]1)CCCC2NC1CCOC1. The predicted octanol–water partition coefficient (Wildman–Crippen LogP) is 1.13. The number of aromatic nitrogens is 1. The monoisotopic (exact) mass is 234 g/mol. The summed E-state index contributed by atoms with van der Waals surface area (Å²) >= 11 is 0. The minimum Gasteiger partial charge on any atom is -0.380 e. The number of aromatic amines is 1. The smallest absolute Gasteiger partial charge is 0.248 e. The third-order valence-corrected chi connectivity index (χ3v) is 3.70. The summed E-state index contributed by atoms with van der Waals surface area (Å²) in [5.41, 5.74) is 2.39. The number of fused-ring (bicyclic) bond motifs is 1. The zero-order valence-electron chi connectivity index (χ0n) is 9.87. The molecule has 17 heavy (non-hydrogen) atoms. The van der Waals surface area contributed by atoms with Gasteiger partial charge in [0.25, 0.3) is 0 Å². The molecule has 1 aliphatic carbocycles. The van der Waals surface area contributed by atoms with Crippen molar-refractivity contribution in [2.75, 3.05) is 13.2 Å². The summed E-state index contributed by atoms with van der Waals surface area (Å²) in [5.74, 6) is 0. The fourth-order valence-electron chi connectivity index (χ4n) is 2.82. The van der Waals surface area contributed by atoms with Crippen LogP contribution in [0.1, 0.15) is 36.6 Å². The Labute approximate surface area is 100 Å². The number of ether oxygens (including phenoxy) is 1. The van der Waals surface area contributed by atoms with Crippen molar-refractivity contribution in [3.05, 3.63) is 33.7 Å². The summed E-state index contributed by atoms with van der Waals surface area (Å²) in [6, 6.07) is 4.45. The van der Waals surface area contributed by atoms with Gasteiger partial charge < -0.3 is 15.0 Å². The zero-order valence-corrected chi connectivity index (χ0v) is 9.87. The van der Waals surface area contributed by atoms with Crippen molar-refractivity contribution in [1.82, 2.24) is 10.3 Å². The van der Waals surface area contributed by atoms with Gasteiger partial charge in [0.05, 0.1) is 6.61 Å². The van der Waals surface area contributed by atoms with Gasteiger partial charge in [-0.2, -0.15) is 0 Å². The molecule has 1 aliphatic heterocycles. The first kappa shape index (κ1) is 11.0. The molecule has 1 fully saturated rings. The summed E-state index contributed by atoms with van der Waals surface area (Å²) in [6.07, 6.45) is 4.37. The topological polar surface area (TPSA) is 54.1 Å². The third-order valence-electron chi connectivity index (χ3n) is 3.70. The fourth-order valence-corrected chi connectivity index (χ4v) is 2.82. The van der Waals surface area contributed by atoms with E-state index in [0.29, 0.717) is 12.1 Å². The predicted molar refractivity (Wildman–Crippen MR) is 65.1 cm³/mol. The number of aryl methyl sites for hydroxylation is 1. The van der Waals surface area contributed by atoms with Crippen LogP contribution in [0.15, 0.2) is 16.9 Å². The number of H-pyrrole nitrogens is 1. The first-order chi connectivity index (χ1) is 8.33. The number of hydrogen-bond donors (Lipinski definition) is 2. The van der Waals surface area contributed by atoms with Crippen LogP contribution < -0.4 is 10.9 Å². The van der Waals surface area contributed by atoms with Crippen molar-refractivity contribution in [1.29, 1.82) is 0 Å². The van der Waals surface area contributed by atoms with E-state index in [1.54, 1.807) is 6.07 Å². The Morgan fingerprint density at radius 2 is 2.29 bits per heavy atom. The standard InChI is InChI=1S/C13H18N2O2/c16-13-5-4-10-11(2-1-3-12(10)15-13)14-9-6-7-17-8-9/h4-5,9,11,14H,1-3,6-8H2,(H,15,16). The molecule has 1 aromatic rings. The van der Waals surface area contributed by atoms with E-state index in [1.165, 1.54) is 5.56 Å². The number of pyridine rings is 1. The molecule has 0 amide bonds. The first-order valence-corrected chi connectivity index (χ1v) is 6.39. The molecule has 92 valence electrons. The highest BCUT2D eigenvalue weighted by atomic mass is 16.5. The number of rotatable bonds is 2. The van der Waals surface area contributed by atoms with Gasteiger partial charge in [-0.1, -0.05) is 6.07 Å². The van der Waals surface area contributed by atoms with Crippen LogP contribution in [0.4, 0.5) is 0 Å². The normalized spacial score (nSPS) is 28.0. The number of hydrogen-bond acceptors (Lipinski definition) is 3. The van der Waals surface area contributed by atoms with Gasteiger partial charge in [-0.15, -0.1) is 0 Å². The first-order valence-electron chi connectivity index (χ1n) is 6.39. The quantitative estimate of drug-likeness (QED) is 0.806. The van der Waals surface area contributed by atoms with Crippen molar-refractivity contribution in [2.24, 2.45) is 0 Å². The lowest BCUT2D eigenvalue weighted by atomic mass is 9.90. The average Bonchev–Trinajstić information content (AvgIpc) is 2.82. The molecule has 4 heteroatoms. The summed E-state index contributed by atoms with van der Waals surface area (Å²) in [6.45, 7) is 1.68. The van der Waals surface area contributed by atoms with Gasteiger partial charge in [0.15, 0.2) is 0 Å². The van der Waals surface area contributed by atoms with Crippen LogP contribution in [0.2, 0.25) is 0 Å². The Hall–Kier alpha value is -1.13. The summed E-state index contributed by atoms with van der Waals surface area (Å²) < 4.78 is 5.39. The molecular weight excluding hydrogens is 216 g/mol. The second-order valence-electron chi connectivity index (χ2n) is 4.93. The molecule has 0 radical (unpaired) electrons. The molecule has 0 aromatic carbocycles. The Balaban J connectivity index is 1.81. The zero-order chi connectivity index (χ0) is 11.7. The molecule has 2 unspecified atom stereocenters. The van der Waals surface area contributed by atoms with E-state index in [9.17, 15) is 4.79 Å². The van der Waals surface area contributed by atoms with Gasteiger partial charge in [-0.05, 0) is 31.2 Å². The van der Waals surface area contributed by atoms with E-state index in [2.05, 4.69) is 10.3 Å². The lowest BCUT2D eigenvalue weighted by Crippen LogP contribution is -2.35. The van der Waals surface area contributed by atoms with Crippen LogP contribution in [0.3, 0.4) is 0 Å². The molecule has 4 nitrogen and oxygen atoms in total. The third kappa shape index (κ3) is 2.28. The lowest BCUT2D eigenvalue weighted by Gasteiger charge is -2.28. The highest BCUT2D eigenvalue weighted by Gasteiger charge is 2.25. The molecule has 0 spiro atoms. The largest absolute Gasteiger partial charge is 0.380 e. The van der Waals surface area contributed by atoms with Gasteiger partial charge in [0.1, 0.15) is 0 Å². The molecule has 2 N–H and O–H groups in total. The van der Waals surface area contributed by atoms with Gasteiger partial charge in [-0.3, -0.25) is 4.79 Å². The number of nitrogens with one attached hydrogen (secondary N) is 2. The summed E-state index contributed by atoms with van der Waals surface area (Å²) in [4.78, 5) is 14.3. The average molecular weight is 234 g/mol. The van der Waals surface area contributed by atoms with Crippen molar-refractivity contribution >= 4 is 0 Å². The van der Waals surface area contributed by atoms with Gasteiger partial charge in [0, 0.05) is 30.5 Å². The Kier molecular flexibility index (Phi) is 2.99. The van der Waals surface area contributed by atoms with Crippen LogP contribution in [0.25, 0.3) is 0 Å². The Morgan fingerprint density at radius 1 is 1.35 bits per heavy atom. The van der Waals surface area contributed by atoms with E-state index in [-0.39, 0.29) is 5.56 Å². The van der Waals surface area contributed by atoms with Gasteiger partial charge >= 0.3 is 0 Å². The molecule has 2 aliphatic rings. The fraction of sp³-hybridized carbons (Fsp3) is 0.615. The van der Waals surface area contributed by atoms with Crippen molar-refractivity contribution < 1.29 is 4.74 Å². The maximum absolute atomic E-state index is 11.3. The van der Waals surface area contributed by atoms with Crippen LogP contribution in [-0.2, 0) is 11.2 Å². The molecule has 1 saturated heterocycles. The maximum Gasteiger partial charge on any atom is 0.248 e. The van der Waals surface area contributed by atoms with E-state index in [1.807, 2.05) is 6.07 Å². The molecule has 1 aromatic heterocycles. The highest BCUT2D eigenvalue weighted by molar-refractivity contribution is 5.26. The van der Waals surface area contributed by atoms with Crippen LogP contribution in [0, 0.1) is 0 Å². The van der Waals surface area contributed by atoms with Gasteiger partial charge in [-0.25, -0.2) is 0 Å². The van der Waals surface area contributed by atoms with E-state index < -0.39 is 0 Å². The van der Waals surface area contributed by atoms with Crippen molar-refractivity contribution in [3.63, 3.8) is 0 Å². The van der Waals surface area contributed by atoms with E-state index >= 15 is 0 Å². The summed E-state index contributed by atoms with van der Waals surface area (Å²) in [7, 11) is 0. The minimum absolute atomic E-state index is 0.00796. The van der Waals surface area contributed by atoms with Crippen molar-refractivity contribution in [3.8, 4) is 0 Å². The molecule has 0 saturated carbocycles. The Morgan fingerprint density at radius 3 is 3.12 bits per heavy atom. The molecule has 0 bridgehead atoms. The van der Waals surface area contributed by atoms with Gasteiger partial charge in [0.2, 0.25) is 5.56 Å². The van der Waals surface area contributed by atoms with E-state index in [0.717, 1.165) is 44.6 Å². The molecular formula is C13H18N2O2. The minimum atomic E-state index is 0.00796. The second-order valence-corrected chi connectivity index (χ2v) is 4.93. The molecule has 2 heterocycles. The van der Waals surface area contributed by atoms with Crippen LogP contribution >= 0.6 is 0 Å².